The first-order valence-electron chi connectivity index (χ1n) is 5.07. The Bertz CT molecular complexity index is 285. The number of hydrogen-bond donors (Lipinski definition) is 5. The third-order valence-electron chi connectivity index (χ3n) is 1.87. The Hall–Kier alpha value is -1.44. The lowest BCUT2D eigenvalue weighted by atomic mass is 10.1. The molecule has 0 bridgehead atoms. The largest absolute Gasteiger partial charge is 0.481 e. The van der Waals surface area contributed by atoms with Crippen LogP contribution in [0.3, 0.4) is 0 Å². The molecule has 0 saturated carbocycles. The molecule has 2 amide bonds. The molecule has 7 nitrogen and oxygen atoms in total. The molecule has 0 aromatic rings. The van der Waals surface area contributed by atoms with E-state index >= 15 is 0 Å². The van der Waals surface area contributed by atoms with Crippen molar-refractivity contribution < 1.29 is 24.6 Å². The van der Waals surface area contributed by atoms with Crippen molar-refractivity contribution in [1.82, 2.24) is 10.6 Å². The lowest BCUT2D eigenvalue weighted by Crippen LogP contribution is -2.46. The molecule has 0 aromatic carbocycles. The van der Waals surface area contributed by atoms with Crippen LogP contribution in [0.5, 0.6) is 0 Å². The van der Waals surface area contributed by atoms with E-state index in [1.54, 1.807) is 0 Å². The topological polar surface area (TPSA) is 116 Å². The molecule has 0 radical (unpaired) electrons. The number of thiol groups is 1. The Labute approximate surface area is 104 Å². The minimum atomic E-state index is -1.25. The van der Waals surface area contributed by atoms with Crippen molar-refractivity contribution in [2.24, 2.45) is 0 Å². The number of rotatable bonds is 8. The fourth-order valence-electron chi connectivity index (χ4n) is 1.02. The van der Waals surface area contributed by atoms with Crippen molar-refractivity contribution in [2.45, 2.75) is 25.3 Å². The number of aliphatic carboxylic acids is 2. The van der Waals surface area contributed by atoms with Gasteiger partial charge in [-0.3, -0.25) is 4.79 Å². The van der Waals surface area contributed by atoms with Crippen molar-refractivity contribution in [3.8, 4) is 0 Å². The minimum absolute atomic E-state index is 0.148. The second-order valence-corrected chi connectivity index (χ2v) is 3.75. The van der Waals surface area contributed by atoms with Gasteiger partial charge in [-0.15, -0.1) is 0 Å². The van der Waals surface area contributed by atoms with Crippen molar-refractivity contribution in [3.63, 3.8) is 0 Å². The van der Waals surface area contributed by atoms with E-state index in [4.69, 9.17) is 10.2 Å². The van der Waals surface area contributed by atoms with E-state index in [-0.39, 0.29) is 12.8 Å². The highest BCUT2D eigenvalue weighted by molar-refractivity contribution is 7.80. The van der Waals surface area contributed by atoms with E-state index in [2.05, 4.69) is 23.3 Å². The molecule has 1 atom stereocenters. The summed E-state index contributed by atoms with van der Waals surface area (Å²) < 4.78 is 0. The summed E-state index contributed by atoms with van der Waals surface area (Å²) in [4.78, 5) is 32.2. The van der Waals surface area contributed by atoms with Crippen LogP contribution in [0.15, 0.2) is 0 Å². The number of amides is 2. The lowest BCUT2D eigenvalue weighted by Gasteiger charge is -2.14. The Kier molecular flexibility index (Phi) is 7.95. The maximum absolute atomic E-state index is 11.2. The normalized spacial score (nSPS) is 11.6. The van der Waals surface area contributed by atoms with Gasteiger partial charge in [0.1, 0.15) is 6.04 Å². The van der Waals surface area contributed by atoms with Gasteiger partial charge < -0.3 is 20.8 Å². The van der Waals surface area contributed by atoms with E-state index in [1.165, 1.54) is 0 Å². The van der Waals surface area contributed by atoms with Crippen LogP contribution >= 0.6 is 12.6 Å². The molecule has 4 N–H and O–H groups in total. The molecule has 0 heterocycles. The number of carbonyl (C=O) groups excluding carboxylic acids is 1. The van der Waals surface area contributed by atoms with Gasteiger partial charge in [-0.25, -0.2) is 9.59 Å². The molecule has 0 unspecified atom stereocenters. The van der Waals surface area contributed by atoms with Crippen LogP contribution in [0.2, 0.25) is 0 Å². The van der Waals surface area contributed by atoms with Gasteiger partial charge in [0, 0.05) is 13.0 Å². The highest BCUT2D eigenvalue weighted by Crippen LogP contribution is 1.97. The Morgan fingerprint density at radius 3 is 2.35 bits per heavy atom. The Balaban J connectivity index is 4.02. The van der Waals surface area contributed by atoms with E-state index < -0.39 is 24.0 Å². The average molecular weight is 264 g/mol. The van der Waals surface area contributed by atoms with Crippen molar-refractivity contribution in [2.75, 3.05) is 12.3 Å². The number of hydrogen-bond acceptors (Lipinski definition) is 4. The van der Waals surface area contributed by atoms with Crippen LogP contribution < -0.4 is 10.6 Å². The quantitative estimate of drug-likeness (QED) is 0.311. The van der Waals surface area contributed by atoms with Crippen LogP contribution in [-0.4, -0.2) is 46.5 Å². The monoisotopic (exact) mass is 264 g/mol. The van der Waals surface area contributed by atoms with Crippen molar-refractivity contribution in [1.29, 1.82) is 0 Å². The van der Waals surface area contributed by atoms with Gasteiger partial charge in [0.2, 0.25) is 0 Å². The van der Waals surface area contributed by atoms with Gasteiger partial charge in [0.25, 0.3) is 0 Å². The first kappa shape index (κ1) is 15.6. The summed E-state index contributed by atoms with van der Waals surface area (Å²) in [6.45, 7) is 0.389. The number of carbonyl (C=O) groups is 3. The average Bonchev–Trinajstić information content (AvgIpc) is 2.23. The van der Waals surface area contributed by atoms with Crippen LogP contribution in [0.25, 0.3) is 0 Å². The smallest absolute Gasteiger partial charge is 0.326 e. The molecule has 0 aliphatic rings. The summed E-state index contributed by atoms with van der Waals surface area (Å²) in [7, 11) is 0. The SMILES string of the molecule is O=C(O)CC[C@H](NC(=O)NCCCS)C(=O)O. The second kappa shape index (κ2) is 8.68. The number of carboxylic acid groups (broad SMARTS) is 2. The van der Waals surface area contributed by atoms with Crippen molar-refractivity contribution >= 4 is 30.6 Å². The molecule has 98 valence electrons. The summed E-state index contributed by atoms with van der Waals surface area (Å²) >= 11 is 3.95. The summed E-state index contributed by atoms with van der Waals surface area (Å²) in [6, 6.07) is -1.81. The number of nitrogens with one attached hydrogen (secondary N) is 2. The fraction of sp³-hybridized carbons (Fsp3) is 0.667. The first-order chi connectivity index (χ1) is 7.97. The molecule has 0 aliphatic heterocycles. The number of carboxylic acids is 2. The molecular weight excluding hydrogens is 248 g/mol. The zero-order valence-electron chi connectivity index (χ0n) is 9.18. The van der Waals surface area contributed by atoms with Crippen LogP contribution in [0.4, 0.5) is 4.79 Å². The highest BCUT2D eigenvalue weighted by Gasteiger charge is 2.20. The fourth-order valence-corrected chi connectivity index (χ4v) is 1.17. The molecule has 0 aliphatic carbocycles. The molecule has 0 aromatic heterocycles. The molecule has 0 rings (SSSR count). The van der Waals surface area contributed by atoms with Gasteiger partial charge in [-0.2, -0.15) is 12.6 Å². The molecule has 8 heteroatoms. The predicted octanol–water partition coefficient (Wildman–Crippen LogP) is -0.0765. The van der Waals surface area contributed by atoms with Gasteiger partial charge in [-0.1, -0.05) is 0 Å². The predicted molar refractivity (Wildman–Crippen MR) is 63.3 cm³/mol. The standard InChI is InChI=1S/C9H16N2O5S/c12-7(13)3-2-6(8(14)15)11-9(16)10-4-1-5-17/h6,17H,1-5H2,(H,12,13)(H,14,15)(H2,10,11,16)/t6-/m0/s1. The third kappa shape index (κ3) is 8.38. The summed E-state index contributed by atoms with van der Waals surface area (Å²) in [5.74, 6) is -1.74. The minimum Gasteiger partial charge on any atom is -0.481 e. The van der Waals surface area contributed by atoms with Crippen molar-refractivity contribution in [3.05, 3.63) is 0 Å². The Morgan fingerprint density at radius 1 is 1.24 bits per heavy atom. The van der Waals surface area contributed by atoms with Gasteiger partial charge >= 0.3 is 18.0 Å². The summed E-state index contributed by atoms with van der Waals surface area (Å²) in [5, 5.41) is 21.8. The van der Waals surface area contributed by atoms with Gasteiger partial charge in [0.15, 0.2) is 0 Å². The van der Waals surface area contributed by atoms with Crippen LogP contribution in [0, 0.1) is 0 Å². The second-order valence-electron chi connectivity index (χ2n) is 3.30. The lowest BCUT2D eigenvalue weighted by molar-refractivity contribution is -0.140. The maximum atomic E-state index is 11.2. The Morgan fingerprint density at radius 2 is 1.88 bits per heavy atom. The van der Waals surface area contributed by atoms with Crippen LogP contribution in [-0.2, 0) is 9.59 Å². The zero-order valence-corrected chi connectivity index (χ0v) is 10.1. The maximum Gasteiger partial charge on any atom is 0.326 e. The van der Waals surface area contributed by atoms with Gasteiger partial charge in [0.05, 0.1) is 0 Å². The number of urea groups is 1. The summed E-state index contributed by atoms with van der Waals surface area (Å²) in [6.07, 6.45) is 0.210. The molecule has 17 heavy (non-hydrogen) atoms. The van der Waals surface area contributed by atoms with Crippen LogP contribution in [0.1, 0.15) is 19.3 Å². The summed E-state index contributed by atoms with van der Waals surface area (Å²) in [5.41, 5.74) is 0. The molecule has 0 saturated heterocycles. The zero-order chi connectivity index (χ0) is 13.3. The highest BCUT2D eigenvalue weighted by atomic mass is 32.1. The third-order valence-corrected chi connectivity index (χ3v) is 2.19. The van der Waals surface area contributed by atoms with E-state index in [9.17, 15) is 14.4 Å². The molecular formula is C9H16N2O5S. The van der Waals surface area contributed by atoms with Gasteiger partial charge in [-0.05, 0) is 18.6 Å². The van der Waals surface area contributed by atoms with E-state index in [0.29, 0.717) is 18.7 Å². The van der Waals surface area contributed by atoms with E-state index in [0.717, 1.165) is 0 Å². The van der Waals surface area contributed by atoms with E-state index in [1.807, 2.05) is 0 Å². The molecule has 0 spiro atoms. The molecule has 0 fully saturated rings. The first-order valence-corrected chi connectivity index (χ1v) is 5.70.